The Morgan fingerprint density at radius 3 is 2.30 bits per heavy atom. The third-order valence-corrected chi connectivity index (χ3v) is 6.51. The average Bonchev–Trinajstić information content (AvgIpc) is 2.71. The second kappa shape index (κ2) is 8.71. The van der Waals surface area contributed by atoms with E-state index in [4.69, 9.17) is 0 Å². The molecule has 0 bridgehead atoms. The van der Waals surface area contributed by atoms with Crippen LogP contribution in [0.2, 0.25) is 0 Å². The van der Waals surface area contributed by atoms with Crippen LogP contribution < -0.4 is 10.0 Å². The number of amides is 1. The van der Waals surface area contributed by atoms with E-state index in [2.05, 4.69) is 16.1 Å². The average molecular weight is 423 g/mol. The number of anilines is 1. The van der Waals surface area contributed by atoms with Crippen LogP contribution in [-0.4, -0.2) is 14.3 Å². The molecule has 1 atom stereocenters. The second-order valence-electron chi connectivity index (χ2n) is 7.45. The molecule has 30 heavy (non-hydrogen) atoms. The molecule has 0 aliphatic rings. The molecule has 0 radical (unpaired) electrons. The van der Waals surface area contributed by atoms with Crippen molar-refractivity contribution in [1.29, 1.82) is 0 Å². The molecule has 0 saturated heterocycles. The second-order valence-corrected chi connectivity index (χ2v) is 9.13. The van der Waals surface area contributed by atoms with E-state index in [-0.39, 0.29) is 16.8 Å². The number of sulfonamides is 1. The normalized spacial score (nSPS) is 12.3. The van der Waals surface area contributed by atoms with E-state index >= 15 is 0 Å². The van der Waals surface area contributed by atoms with Gasteiger partial charge in [-0.1, -0.05) is 48.0 Å². The monoisotopic (exact) mass is 422 g/mol. The number of hydrogen-bond donors (Lipinski definition) is 2. The Balaban J connectivity index is 1.84. The van der Waals surface area contributed by atoms with Crippen LogP contribution in [0, 0.1) is 20.8 Å². The van der Waals surface area contributed by atoms with Gasteiger partial charge in [0.2, 0.25) is 0 Å². The van der Waals surface area contributed by atoms with Gasteiger partial charge in [-0.05, 0) is 68.7 Å². The molecule has 0 heterocycles. The van der Waals surface area contributed by atoms with Crippen LogP contribution in [0.25, 0.3) is 0 Å². The van der Waals surface area contributed by atoms with Crippen LogP contribution in [0.15, 0.2) is 71.6 Å². The van der Waals surface area contributed by atoms with Gasteiger partial charge in [0.25, 0.3) is 15.9 Å². The lowest BCUT2D eigenvalue weighted by molar-refractivity contribution is 0.0939. The first kappa shape index (κ1) is 21.6. The van der Waals surface area contributed by atoms with Gasteiger partial charge in [-0.25, -0.2) is 8.42 Å². The van der Waals surface area contributed by atoms with Crippen molar-refractivity contribution < 1.29 is 13.2 Å². The third kappa shape index (κ3) is 4.71. The minimum absolute atomic E-state index is 0.169. The molecular weight excluding hydrogens is 396 g/mol. The van der Waals surface area contributed by atoms with Crippen molar-refractivity contribution in [3.05, 3.63) is 94.5 Å². The fourth-order valence-electron chi connectivity index (χ4n) is 3.37. The van der Waals surface area contributed by atoms with Crippen molar-refractivity contribution in [3.63, 3.8) is 0 Å². The number of carbonyl (C=O) groups excluding carboxylic acids is 1. The van der Waals surface area contributed by atoms with Gasteiger partial charge in [0, 0.05) is 5.56 Å². The maximum Gasteiger partial charge on any atom is 0.261 e. The Labute approximate surface area is 178 Å². The molecule has 0 unspecified atom stereocenters. The summed E-state index contributed by atoms with van der Waals surface area (Å²) in [5.74, 6) is -0.248. The Morgan fingerprint density at radius 2 is 1.60 bits per heavy atom. The van der Waals surface area contributed by atoms with Crippen LogP contribution >= 0.6 is 0 Å². The van der Waals surface area contributed by atoms with Gasteiger partial charge < -0.3 is 5.32 Å². The largest absolute Gasteiger partial charge is 0.345 e. The minimum Gasteiger partial charge on any atom is -0.345 e. The molecule has 0 fully saturated rings. The highest BCUT2D eigenvalue weighted by atomic mass is 32.2. The zero-order valence-electron chi connectivity index (χ0n) is 17.6. The summed E-state index contributed by atoms with van der Waals surface area (Å²) in [6.07, 6.45) is 0. The number of hydrogen-bond acceptors (Lipinski definition) is 3. The van der Waals surface area contributed by atoms with E-state index < -0.39 is 10.0 Å². The number of benzene rings is 3. The highest BCUT2D eigenvalue weighted by Crippen LogP contribution is 2.24. The van der Waals surface area contributed by atoms with Crippen LogP contribution in [0.4, 0.5) is 5.69 Å². The quantitative estimate of drug-likeness (QED) is 0.593. The molecule has 6 heteroatoms. The zero-order chi connectivity index (χ0) is 21.9. The molecule has 3 rings (SSSR count). The minimum atomic E-state index is -3.74. The van der Waals surface area contributed by atoms with Crippen molar-refractivity contribution in [1.82, 2.24) is 5.32 Å². The topological polar surface area (TPSA) is 75.3 Å². The molecule has 156 valence electrons. The zero-order valence-corrected chi connectivity index (χ0v) is 18.4. The fraction of sp³-hybridized carbons (Fsp3) is 0.208. The molecule has 0 aliphatic heterocycles. The van der Waals surface area contributed by atoms with Gasteiger partial charge in [-0.2, -0.15) is 0 Å². The van der Waals surface area contributed by atoms with Gasteiger partial charge in [0.1, 0.15) is 0 Å². The van der Waals surface area contributed by atoms with Gasteiger partial charge in [-0.3, -0.25) is 9.52 Å². The summed E-state index contributed by atoms with van der Waals surface area (Å²) in [5.41, 5.74) is 4.68. The maximum absolute atomic E-state index is 12.9. The Hall–Kier alpha value is -3.12. The molecule has 5 nitrogen and oxygen atoms in total. The maximum atomic E-state index is 12.9. The summed E-state index contributed by atoms with van der Waals surface area (Å²) in [6, 6.07) is 19.1. The SMILES string of the molecule is Cc1ccc(C)c([C@@H](C)NC(=O)c2cccc(NS(=O)(=O)c3ccccc3)c2C)c1. The molecule has 3 aromatic rings. The molecule has 0 aromatic heterocycles. The summed E-state index contributed by atoms with van der Waals surface area (Å²) < 4.78 is 27.9. The number of carbonyl (C=O) groups is 1. The number of rotatable bonds is 6. The van der Waals surface area contributed by atoms with Gasteiger partial charge in [-0.15, -0.1) is 0 Å². The first-order valence-corrected chi connectivity index (χ1v) is 11.2. The smallest absolute Gasteiger partial charge is 0.261 e. The van der Waals surface area contributed by atoms with E-state index in [1.54, 1.807) is 43.3 Å². The first-order chi connectivity index (χ1) is 14.2. The fourth-order valence-corrected chi connectivity index (χ4v) is 4.52. The lowest BCUT2D eigenvalue weighted by atomic mass is 9.99. The van der Waals surface area contributed by atoms with Gasteiger partial charge >= 0.3 is 0 Å². The van der Waals surface area contributed by atoms with Crippen LogP contribution in [-0.2, 0) is 10.0 Å². The highest BCUT2D eigenvalue weighted by molar-refractivity contribution is 7.92. The number of nitrogens with one attached hydrogen (secondary N) is 2. The van der Waals surface area contributed by atoms with E-state index in [9.17, 15) is 13.2 Å². The Morgan fingerprint density at radius 1 is 0.900 bits per heavy atom. The van der Waals surface area contributed by atoms with Crippen molar-refractivity contribution in [3.8, 4) is 0 Å². The van der Waals surface area contributed by atoms with E-state index in [1.807, 2.05) is 32.9 Å². The molecular formula is C24H26N2O3S. The van der Waals surface area contributed by atoms with Gasteiger partial charge in [0.15, 0.2) is 0 Å². The van der Waals surface area contributed by atoms with Crippen molar-refractivity contribution in [2.75, 3.05) is 4.72 Å². The van der Waals surface area contributed by atoms with Crippen LogP contribution in [0.1, 0.15) is 45.6 Å². The van der Waals surface area contributed by atoms with Crippen LogP contribution in [0.3, 0.4) is 0 Å². The van der Waals surface area contributed by atoms with E-state index in [1.165, 1.54) is 12.1 Å². The Kier molecular flexibility index (Phi) is 6.27. The van der Waals surface area contributed by atoms with E-state index in [0.717, 1.165) is 16.7 Å². The molecule has 3 aromatic carbocycles. The lowest BCUT2D eigenvalue weighted by Crippen LogP contribution is -2.28. The van der Waals surface area contributed by atoms with Crippen molar-refractivity contribution in [2.45, 2.75) is 38.6 Å². The molecule has 1 amide bonds. The summed E-state index contributed by atoms with van der Waals surface area (Å²) >= 11 is 0. The van der Waals surface area contributed by atoms with E-state index in [0.29, 0.717) is 16.8 Å². The first-order valence-electron chi connectivity index (χ1n) is 9.74. The van der Waals surface area contributed by atoms with Gasteiger partial charge in [0.05, 0.1) is 16.6 Å². The molecule has 0 aliphatic carbocycles. The summed E-state index contributed by atoms with van der Waals surface area (Å²) in [6.45, 7) is 7.71. The standard InChI is InChI=1S/C24H26N2O3S/c1-16-13-14-17(2)22(15-16)19(4)25-24(27)21-11-8-12-23(18(21)3)26-30(28,29)20-9-6-5-7-10-20/h5-15,19,26H,1-4H3,(H,25,27)/t19-/m1/s1. The van der Waals surface area contributed by atoms with Crippen LogP contribution in [0.5, 0.6) is 0 Å². The summed E-state index contributed by atoms with van der Waals surface area (Å²) in [7, 11) is -3.74. The number of aryl methyl sites for hydroxylation is 2. The summed E-state index contributed by atoms with van der Waals surface area (Å²) in [5, 5.41) is 3.03. The van der Waals surface area contributed by atoms with Crippen molar-refractivity contribution in [2.24, 2.45) is 0 Å². The third-order valence-electron chi connectivity index (χ3n) is 5.13. The highest BCUT2D eigenvalue weighted by Gasteiger charge is 2.19. The lowest BCUT2D eigenvalue weighted by Gasteiger charge is -2.19. The predicted octanol–water partition coefficient (Wildman–Crippen LogP) is 4.90. The molecule has 0 saturated carbocycles. The Bertz CT molecular complexity index is 1170. The predicted molar refractivity (Wildman–Crippen MR) is 120 cm³/mol. The molecule has 0 spiro atoms. The van der Waals surface area contributed by atoms with Crippen molar-refractivity contribution >= 4 is 21.6 Å². The molecule has 2 N–H and O–H groups in total. The summed E-state index contributed by atoms with van der Waals surface area (Å²) in [4.78, 5) is 13.1.